The van der Waals surface area contributed by atoms with Gasteiger partial charge in [0.1, 0.15) is 35.4 Å². The van der Waals surface area contributed by atoms with Crippen molar-refractivity contribution in [3.05, 3.63) is 95.8 Å². The maximum atomic E-state index is 13.3. The topological polar surface area (TPSA) is 166 Å². The zero-order valence-electron chi connectivity index (χ0n) is 27.1. The number of para-hydroxylation sites is 1. The second-order valence-electron chi connectivity index (χ2n) is 12.8. The number of likely N-dealkylation sites (tertiary alicyclic amines) is 1. The summed E-state index contributed by atoms with van der Waals surface area (Å²) < 4.78 is 7.96. The summed E-state index contributed by atoms with van der Waals surface area (Å²) in [5.41, 5.74) is 10.2. The molecule has 252 valence electrons. The summed E-state index contributed by atoms with van der Waals surface area (Å²) in [4.78, 5) is 62.5. The lowest BCUT2D eigenvalue weighted by molar-refractivity contribution is -0.136. The molecule has 3 aromatic carbocycles. The first kappa shape index (κ1) is 31.3. The Morgan fingerprint density at radius 3 is 2.34 bits per heavy atom. The molecule has 0 radical (unpaired) electrons. The first-order valence-electron chi connectivity index (χ1n) is 16.7. The number of anilines is 1. The number of rotatable bonds is 8. The zero-order chi connectivity index (χ0) is 34.4. The molecule has 13 nitrogen and oxygen atoms in total. The molecule has 13 heteroatoms. The fraction of sp³-hybridized carbons (Fsp3) is 0.270. The van der Waals surface area contributed by atoms with Gasteiger partial charge in [-0.2, -0.15) is 5.10 Å². The van der Waals surface area contributed by atoms with Gasteiger partial charge in [-0.05, 0) is 79.8 Å². The third-order valence-corrected chi connectivity index (χ3v) is 9.75. The normalized spacial score (nSPS) is 18.5. The molecule has 4 amide bonds. The molecule has 1 unspecified atom stereocenters. The Morgan fingerprint density at radius 1 is 0.840 bits per heavy atom. The van der Waals surface area contributed by atoms with E-state index in [1.807, 2.05) is 65.3 Å². The van der Waals surface area contributed by atoms with Crippen molar-refractivity contribution < 1.29 is 23.9 Å². The van der Waals surface area contributed by atoms with Crippen LogP contribution >= 0.6 is 0 Å². The maximum Gasteiger partial charge on any atom is 0.262 e. The molecule has 5 heterocycles. The summed E-state index contributed by atoms with van der Waals surface area (Å²) in [6.45, 7) is 2.47. The van der Waals surface area contributed by atoms with Crippen LogP contribution < -0.4 is 15.8 Å². The van der Waals surface area contributed by atoms with Crippen molar-refractivity contribution in [3.63, 3.8) is 0 Å². The fourth-order valence-corrected chi connectivity index (χ4v) is 7.11. The zero-order valence-corrected chi connectivity index (χ0v) is 27.1. The lowest BCUT2D eigenvalue weighted by Crippen LogP contribution is -2.54. The Bertz CT molecular complexity index is 2140. The van der Waals surface area contributed by atoms with Crippen molar-refractivity contribution in [1.29, 1.82) is 0 Å². The van der Waals surface area contributed by atoms with Crippen molar-refractivity contribution >= 4 is 40.5 Å². The molecule has 2 saturated heterocycles. The van der Waals surface area contributed by atoms with Crippen LogP contribution in [-0.2, 0) is 16.0 Å². The molecule has 2 aromatic heterocycles. The van der Waals surface area contributed by atoms with Crippen molar-refractivity contribution in [3.8, 4) is 22.8 Å². The van der Waals surface area contributed by atoms with Crippen LogP contribution in [0.15, 0.2) is 79.1 Å². The molecular weight excluding hydrogens is 636 g/mol. The van der Waals surface area contributed by atoms with Crippen LogP contribution in [0, 0.1) is 0 Å². The largest absolute Gasteiger partial charge is 0.457 e. The van der Waals surface area contributed by atoms with Crippen LogP contribution in [0.4, 0.5) is 5.82 Å². The number of ether oxygens (including phenoxy) is 1. The Hall–Kier alpha value is -5.95. The number of carbonyl (C=O) groups is 4. The molecule has 0 saturated carbocycles. The van der Waals surface area contributed by atoms with Gasteiger partial charge in [0.05, 0.1) is 22.6 Å². The molecule has 5 aromatic rings. The number of benzene rings is 3. The van der Waals surface area contributed by atoms with Gasteiger partial charge in [0.15, 0.2) is 5.65 Å². The predicted molar refractivity (Wildman–Crippen MR) is 183 cm³/mol. The molecule has 3 aliphatic heterocycles. The molecule has 3 N–H and O–H groups in total. The number of imide groups is 2. The van der Waals surface area contributed by atoms with Crippen LogP contribution in [0.2, 0.25) is 0 Å². The number of amides is 4. The molecule has 0 bridgehead atoms. The predicted octanol–water partition coefficient (Wildman–Crippen LogP) is 4.15. The minimum Gasteiger partial charge on any atom is -0.457 e. The first-order valence-corrected chi connectivity index (χ1v) is 16.7. The van der Waals surface area contributed by atoms with Gasteiger partial charge in [0.25, 0.3) is 11.8 Å². The number of nitrogens with zero attached hydrogens (tertiary/aromatic N) is 6. The van der Waals surface area contributed by atoms with Gasteiger partial charge >= 0.3 is 0 Å². The van der Waals surface area contributed by atoms with Gasteiger partial charge in [-0.1, -0.05) is 24.3 Å². The second-order valence-corrected chi connectivity index (χ2v) is 12.8. The number of hydrogen-bond acceptors (Lipinski definition) is 10. The van der Waals surface area contributed by atoms with Crippen LogP contribution in [0.25, 0.3) is 22.3 Å². The van der Waals surface area contributed by atoms with Crippen LogP contribution in [0.3, 0.4) is 0 Å². The van der Waals surface area contributed by atoms with E-state index in [1.165, 1.54) is 6.33 Å². The molecule has 2 fully saturated rings. The van der Waals surface area contributed by atoms with E-state index in [-0.39, 0.29) is 24.4 Å². The molecule has 8 rings (SSSR count). The van der Waals surface area contributed by atoms with E-state index in [2.05, 4.69) is 20.2 Å². The van der Waals surface area contributed by atoms with Gasteiger partial charge in [-0.3, -0.25) is 29.4 Å². The smallest absolute Gasteiger partial charge is 0.262 e. The minimum absolute atomic E-state index is 0.0878. The van der Waals surface area contributed by atoms with Gasteiger partial charge in [0, 0.05) is 31.6 Å². The lowest BCUT2D eigenvalue weighted by Gasteiger charge is -2.32. The van der Waals surface area contributed by atoms with E-state index in [0.717, 1.165) is 71.1 Å². The van der Waals surface area contributed by atoms with Gasteiger partial charge < -0.3 is 15.4 Å². The number of nitrogens with two attached hydrogens (primary N) is 1. The Labute approximate surface area is 287 Å². The van der Waals surface area contributed by atoms with Crippen LogP contribution in [-0.4, -0.2) is 78.9 Å². The quantitative estimate of drug-likeness (QED) is 0.229. The SMILES string of the molecule is Nc1ncnc2c1c(-c1ccc(Oc3ccccc3)cc1)nn2C1CCN(CCc2ccc3c(c2)C(=O)N(C2CCC(=O)NC2=O)C3=O)CC1. The standard InChI is InChI=1S/C37H34N8O5/c38-33-31-32(23-7-9-26(10-8-23)50-25-4-2-1-3-5-25)42-45(34(31)40-21-39-33)24-15-18-43(19-16-24)17-14-22-6-11-27-28(20-22)37(49)44(36(27)48)29-12-13-30(46)41-35(29)47/h1-11,20-21,24,29H,12-19H2,(H2,38,39,40)(H,41,46,47). The maximum absolute atomic E-state index is 13.3. The summed E-state index contributed by atoms with van der Waals surface area (Å²) in [5, 5.41) is 8.00. The molecule has 0 aliphatic carbocycles. The Kier molecular flexibility index (Phi) is 8.03. The number of nitrogen functional groups attached to an aromatic ring is 1. The van der Waals surface area contributed by atoms with Crippen LogP contribution in [0.5, 0.6) is 11.5 Å². The van der Waals surface area contributed by atoms with E-state index < -0.39 is 29.7 Å². The third-order valence-electron chi connectivity index (χ3n) is 9.75. The summed E-state index contributed by atoms with van der Waals surface area (Å²) in [6, 6.07) is 21.8. The highest BCUT2D eigenvalue weighted by Crippen LogP contribution is 2.35. The Balaban J connectivity index is 0.925. The average Bonchev–Trinajstić information content (AvgIpc) is 3.64. The van der Waals surface area contributed by atoms with E-state index in [0.29, 0.717) is 23.4 Å². The number of hydrogen-bond donors (Lipinski definition) is 2. The number of nitrogens with one attached hydrogen (secondary N) is 1. The highest BCUT2D eigenvalue weighted by Gasteiger charge is 2.44. The highest BCUT2D eigenvalue weighted by atomic mass is 16.5. The summed E-state index contributed by atoms with van der Waals surface area (Å²) >= 11 is 0. The monoisotopic (exact) mass is 670 g/mol. The van der Waals surface area contributed by atoms with Gasteiger partial charge in [-0.25, -0.2) is 14.6 Å². The average molecular weight is 671 g/mol. The minimum atomic E-state index is -0.976. The highest BCUT2D eigenvalue weighted by molar-refractivity contribution is 6.23. The van der Waals surface area contributed by atoms with E-state index in [9.17, 15) is 19.2 Å². The molecule has 1 atom stereocenters. The third kappa shape index (κ3) is 5.75. The number of piperidine rings is 2. The molecular formula is C37H34N8O5. The van der Waals surface area contributed by atoms with Crippen molar-refractivity contribution in [2.24, 2.45) is 0 Å². The summed E-state index contributed by atoms with van der Waals surface area (Å²) in [6.07, 6.45) is 4.12. The Morgan fingerprint density at radius 2 is 1.58 bits per heavy atom. The summed E-state index contributed by atoms with van der Waals surface area (Å²) in [5.74, 6) is -0.138. The number of carbonyl (C=O) groups excluding carboxylic acids is 4. The van der Waals surface area contributed by atoms with Crippen molar-refractivity contribution in [2.75, 3.05) is 25.4 Å². The van der Waals surface area contributed by atoms with Gasteiger partial charge in [-0.15, -0.1) is 0 Å². The van der Waals surface area contributed by atoms with E-state index in [1.54, 1.807) is 12.1 Å². The van der Waals surface area contributed by atoms with Gasteiger partial charge in [0.2, 0.25) is 11.8 Å². The van der Waals surface area contributed by atoms with Crippen molar-refractivity contribution in [1.82, 2.24) is 34.9 Å². The first-order chi connectivity index (χ1) is 24.3. The molecule has 50 heavy (non-hydrogen) atoms. The molecule has 3 aliphatic rings. The van der Waals surface area contributed by atoms with E-state index >= 15 is 0 Å². The number of fused-ring (bicyclic) bond motifs is 2. The van der Waals surface area contributed by atoms with Crippen molar-refractivity contribution in [2.45, 2.75) is 44.2 Å². The number of aromatic nitrogens is 4. The summed E-state index contributed by atoms with van der Waals surface area (Å²) in [7, 11) is 0. The van der Waals surface area contributed by atoms with E-state index in [4.69, 9.17) is 15.6 Å². The lowest BCUT2D eigenvalue weighted by atomic mass is 10.0. The second kappa shape index (κ2) is 12.8. The van der Waals surface area contributed by atoms with Crippen LogP contribution in [0.1, 0.15) is 58.0 Å². The fourth-order valence-electron chi connectivity index (χ4n) is 7.11. The molecule has 0 spiro atoms.